The van der Waals surface area contributed by atoms with Crippen LogP contribution in [0.25, 0.3) is 0 Å². The molecular weight excluding hydrogens is 160 g/mol. The fourth-order valence-corrected chi connectivity index (χ4v) is 1.01. The highest BCUT2D eigenvalue weighted by molar-refractivity contribution is 5.95. The fourth-order valence-electron chi connectivity index (χ4n) is 1.01. The molecular formula is C11H12N2. The molecule has 2 nitrogen and oxygen atoms in total. The van der Waals surface area contributed by atoms with Crippen molar-refractivity contribution in [3.05, 3.63) is 30.3 Å². The van der Waals surface area contributed by atoms with Crippen LogP contribution in [0.4, 0.5) is 5.69 Å². The van der Waals surface area contributed by atoms with Crippen LogP contribution in [0.15, 0.2) is 35.3 Å². The van der Waals surface area contributed by atoms with E-state index in [1.165, 1.54) is 0 Å². The minimum atomic E-state index is 0.814. The maximum atomic E-state index is 5.08. The average molecular weight is 172 g/mol. The van der Waals surface area contributed by atoms with E-state index in [9.17, 15) is 0 Å². The van der Waals surface area contributed by atoms with Gasteiger partial charge in [0.1, 0.15) is 5.84 Å². The van der Waals surface area contributed by atoms with E-state index in [-0.39, 0.29) is 0 Å². The Hall–Kier alpha value is -1.75. The summed E-state index contributed by atoms with van der Waals surface area (Å²) in [4.78, 5) is 5.82. The SMILES string of the molecule is C#CN=C(C)N(C)c1ccccc1. The number of nitrogens with zero attached hydrogens (tertiary/aromatic N) is 2. The fraction of sp³-hybridized carbons (Fsp3) is 0.182. The van der Waals surface area contributed by atoms with E-state index < -0.39 is 0 Å². The van der Waals surface area contributed by atoms with Crippen molar-refractivity contribution in [2.45, 2.75) is 6.92 Å². The maximum absolute atomic E-state index is 5.08. The lowest BCUT2D eigenvalue weighted by molar-refractivity contribution is 1.24. The molecule has 0 bridgehead atoms. The Morgan fingerprint density at radius 3 is 2.54 bits per heavy atom. The zero-order chi connectivity index (χ0) is 9.68. The average Bonchev–Trinajstić information content (AvgIpc) is 2.18. The van der Waals surface area contributed by atoms with Crippen LogP contribution in [0.3, 0.4) is 0 Å². The van der Waals surface area contributed by atoms with Crippen molar-refractivity contribution < 1.29 is 0 Å². The minimum Gasteiger partial charge on any atom is -0.333 e. The van der Waals surface area contributed by atoms with Crippen LogP contribution >= 0.6 is 0 Å². The lowest BCUT2D eigenvalue weighted by Crippen LogP contribution is -2.22. The lowest BCUT2D eigenvalue weighted by Gasteiger charge is -2.17. The number of hydrogen-bond donors (Lipinski definition) is 0. The molecule has 0 unspecified atom stereocenters. The molecule has 0 N–H and O–H groups in total. The smallest absolute Gasteiger partial charge is 0.116 e. The van der Waals surface area contributed by atoms with Crippen molar-refractivity contribution in [1.29, 1.82) is 0 Å². The zero-order valence-corrected chi connectivity index (χ0v) is 7.86. The molecule has 2 heteroatoms. The third-order valence-electron chi connectivity index (χ3n) is 1.86. The van der Waals surface area contributed by atoms with Crippen LogP contribution in [-0.4, -0.2) is 12.9 Å². The van der Waals surface area contributed by atoms with Gasteiger partial charge < -0.3 is 4.90 Å². The van der Waals surface area contributed by atoms with Gasteiger partial charge in [-0.1, -0.05) is 24.6 Å². The molecule has 0 aliphatic rings. The van der Waals surface area contributed by atoms with Crippen molar-refractivity contribution in [2.24, 2.45) is 4.99 Å². The molecule has 1 aromatic rings. The Morgan fingerprint density at radius 2 is 2.00 bits per heavy atom. The molecule has 0 fully saturated rings. The molecule has 0 atom stereocenters. The predicted octanol–water partition coefficient (Wildman–Crippen LogP) is 2.13. The largest absolute Gasteiger partial charge is 0.333 e. The van der Waals surface area contributed by atoms with Crippen LogP contribution < -0.4 is 4.90 Å². The van der Waals surface area contributed by atoms with E-state index in [0.717, 1.165) is 11.5 Å². The summed E-state index contributed by atoms with van der Waals surface area (Å²) in [5.41, 5.74) is 1.08. The molecule has 0 amide bonds. The molecule has 0 saturated carbocycles. The van der Waals surface area contributed by atoms with E-state index >= 15 is 0 Å². The quantitative estimate of drug-likeness (QED) is 0.360. The summed E-state index contributed by atoms with van der Waals surface area (Å²) in [5.74, 6) is 0.814. The van der Waals surface area contributed by atoms with Crippen molar-refractivity contribution >= 4 is 11.5 Å². The monoisotopic (exact) mass is 172 g/mol. The van der Waals surface area contributed by atoms with Gasteiger partial charge in [-0.05, 0) is 19.1 Å². The van der Waals surface area contributed by atoms with Gasteiger partial charge >= 0.3 is 0 Å². The third kappa shape index (κ3) is 2.34. The Labute approximate surface area is 78.9 Å². The molecule has 0 saturated heterocycles. The lowest BCUT2D eigenvalue weighted by atomic mass is 10.3. The van der Waals surface area contributed by atoms with Gasteiger partial charge in [-0.25, -0.2) is 0 Å². The van der Waals surface area contributed by atoms with E-state index in [2.05, 4.69) is 11.0 Å². The Balaban J connectivity index is 2.87. The number of hydrogen-bond acceptors (Lipinski definition) is 1. The standard InChI is InChI=1S/C11H12N2/c1-4-12-10(2)13(3)11-8-6-5-7-9-11/h1,5-9H,2-3H3. The molecule has 0 aliphatic heterocycles. The first kappa shape index (κ1) is 9.34. The van der Waals surface area contributed by atoms with Crippen LogP contribution in [0.1, 0.15) is 6.92 Å². The zero-order valence-electron chi connectivity index (χ0n) is 7.86. The topological polar surface area (TPSA) is 15.6 Å². The molecule has 1 rings (SSSR count). The van der Waals surface area contributed by atoms with E-state index in [1.54, 1.807) is 0 Å². The molecule has 0 radical (unpaired) electrons. The summed E-state index contributed by atoms with van der Waals surface area (Å²) < 4.78 is 0. The van der Waals surface area contributed by atoms with Gasteiger partial charge in [0, 0.05) is 18.8 Å². The molecule has 66 valence electrons. The Bertz CT molecular complexity index is 333. The highest BCUT2D eigenvalue weighted by Crippen LogP contribution is 2.11. The molecule has 0 spiro atoms. The van der Waals surface area contributed by atoms with Crippen LogP contribution in [0.5, 0.6) is 0 Å². The highest BCUT2D eigenvalue weighted by atomic mass is 15.2. The summed E-state index contributed by atoms with van der Waals surface area (Å²) in [7, 11) is 1.94. The van der Waals surface area contributed by atoms with Crippen molar-refractivity contribution in [2.75, 3.05) is 11.9 Å². The van der Waals surface area contributed by atoms with Gasteiger partial charge in [-0.3, -0.25) is 0 Å². The second kappa shape index (κ2) is 4.32. The second-order valence-corrected chi connectivity index (χ2v) is 2.68. The van der Waals surface area contributed by atoms with Crippen molar-refractivity contribution in [3.63, 3.8) is 0 Å². The summed E-state index contributed by atoms with van der Waals surface area (Å²) in [6.45, 7) is 1.88. The normalized spacial score (nSPS) is 10.7. The number of benzene rings is 1. The predicted molar refractivity (Wildman–Crippen MR) is 56.8 cm³/mol. The summed E-state index contributed by atoms with van der Waals surface area (Å²) >= 11 is 0. The number of aliphatic imine (C=N–C) groups is 1. The number of anilines is 1. The molecule has 0 aliphatic carbocycles. The minimum absolute atomic E-state index is 0.814. The van der Waals surface area contributed by atoms with E-state index in [0.29, 0.717) is 0 Å². The summed E-state index contributed by atoms with van der Waals surface area (Å²) in [6, 6.07) is 12.2. The van der Waals surface area contributed by atoms with Gasteiger partial charge in [0.05, 0.1) is 0 Å². The molecule has 13 heavy (non-hydrogen) atoms. The van der Waals surface area contributed by atoms with E-state index in [1.807, 2.05) is 49.2 Å². The van der Waals surface area contributed by atoms with Crippen LogP contribution in [-0.2, 0) is 0 Å². The Kier molecular flexibility index (Phi) is 3.10. The van der Waals surface area contributed by atoms with Gasteiger partial charge in [0.2, 0.25) is 0 Å². The second-order valence-electron chi connectivity index (χ2n) is 2.68. The van der Waals surface area contributed by atoms with Gasteiger partial charge in [-0.15, -0.1) is 0 Å². The number of para-hydroxylation sites is 1. The molecule has 0 aromatic heterocycles. The summed E-state index contributed by atoms with van der Waals surface area (Å²) in [6.07, 6.45) is 5.08. The Morgan fingerprint density at radius 1 is 1.38 bits per heavy atom. The number of rotatable bonds is 1. The van der Waals surface area contributed by atoms with Crippen molar-refractivity contribution in [1.82, 2.24) is 0 Å². The van der Waals surface area contributed by atoms with Gasteiger partial charge in [-0.2, -0.15) is 4.99 Å². The first-order chi connectivity index (χ1) is 6.25. The van der Waals surface area contributed by atoms with E-state index in [4.69, 9.17) is 6.42 Å². The van der Waals surface area contributed by atoms with Crippen LogP contribution in [0.2, 0.25) is 0 Å². The maximum Gasteiger partial charge on any atom is 0.116 e. The third-order valence-corrected chi connectivity index (χ3v) is 1.86. The summed E-state index contributed by atoms with van der Waals surface area (Å²) in [5, 5.41) is 0. The number of amidine groups is 1. The number of terminal acetylenes is 1. The molecule has 0 heterocycles. The van der Waals surface area contributed by atoms with Gasteiger partial charge in [0.15, 0.2) is 0 Å². The van der Waals surface area contributed by atoms with Crippen molar-refractivity contribution in [3.8, 4) is 12.5 Å². The highest BCUT2D eigenvalue weighted by Gasteiger charge is 2.01. The molecule has 1 aromatic carbocycles. The first-order valence-electron chi connectivity index (χ1n) is 4.04. The first-order valence-corrected chi connectivity index (χ1v) is 4.04. The van der Waals surface area contributed by atoms with Crippen LogP contribution in [0, 0.1) is 12.5 Å². The van der Waals surface area contributed by atoms with Gasteiger partial charge in [0.25, 0.3) is 0 Å².